The molecular weight excluding hydrogens is 361 g/mol. The van der Waals surface area contributed by atoms with Gasteiger partial charge < -0.3 is 9.32 Å². The van der Waals surface area contributed by atoms with Crippen molar-refractivity contribution in [3.05, 3.63) is 45.6 Å². The molecule has 0 unspecified atom stereocenters. The Bertz CT molecular complexity index is 822. The van der Waals surface area contributed by atoms with Gasteiger partial charge in [-0.1, -0.05) is 29.3 Å². The van der Waals surface area contributed by atoms with Gasteiger partial charge in [-0.2, -0.15) is 0 Å². The fourth-order valence-corrected chi connectivity index (χ4v) is 4.66. The quantitative estimate of drug-likeness (QED) is 0.800. The number of fused-ring (bicyclic) bond motifs is 1. The van der Waals surface area contributed by atoms with Gasteiger partial charge in [0.05, 0.1) is 0 Å². The van der Waals surface area contributed by atoms with Crippen LogP contribution in [0.5, 0.6) is 0 Å². The lowest BCUT2D eigenvalue weighted by Gasteiger charge is -2.47. The molecule has 2 heterocycles. The molecule has 25 heavy (non-hydrogen) atoms. The Hall–Kier alpha value is -1.59. The molecule has 1 amide bonds. The summed E-state index contributed by atoms with van der Waals surface area (Å²) in [5, 5.41) is 9.40. The summed E-state index contributed by atoms with van der Waals surface area (Å²) in [7, 11) is 0. The van der Waals surface area contributed by atoms with Crippen LogP contribution in [0.3, 0.4) is 0 Å². The van der Waals surface area contributed by atoms with E-state index < -0.39 is 0 Å². The molecule has 2 atom stereocenters. The molecular formula is C18H19Cl2N3O2. The second kappa shape index (κ2) is 6.29. The predicted molar refractivity (Wildman–Crippen MR) is 94.6 cm³/mol. The maximum atomic E-state index is 12.9. The number of likely N-dealkylation sites (tertiary alicyclic amines) is 1. The summed E-state index contributed by atoms with van der Waals surface area (Å²) in [6.07, 6.45) is 3.99. The van der Waals surface area contributed by atoms with Crippen molar-refractivity contribution in [2.45, 2.75) is 44.6 Å². The minimum absolute atomic E-state index is 0.115. The molecule has 2 aromatic rings. The van der Waals surface area contributed by atoms with Crippen LogP contribution in [0.15, 0.2) is 22.6 Å². The maximum absolute atomic E-state index is 12.9. The summed E-state index contributed by atoms with van der Waals surface area (Å²) >= 11 is 12.2. The molecule has 0 radical (unpaired) electrons. The third-order valence-electron chi connectivity index (χ3n) is 5.55. The average Bonchev–Trinajstić information content (AvgIpc) is 3.08. The highest BCUT2D eigenvalue weighted by Gasteiger charge is 2.60. The van der Waals surface area contributed by atoms with E-state index in [0.29, 0.717) is 40.6 Å². The number of aryl methyl sites for hydroxylation is 2. The Morgan fingerprint density at radius 1 is 1.36 bits per heavy atom. The van der Waals surface area contributed by atoms with E-state index >= 15 is 0 Å². The lowest BCUT2D eigenvalue weighted by molar-refractivity contribution is -0.142. The van der Waals surface area contributed by atoms with Crippen LogP contribution in [0.1, 0.15) is 43.0 Å². The molecule has 5 nitrogen and oxygen atoms in total. The number of carbonyl (C=O) groups excluding carboxylic acids is 1. The molecule has 2 aliphatic rings. The topological polar surface area (TPSA) is 59.2 Å². The number of hydrogen-bond acceptors (Lipinski definition) is 4. The molecule has 2 fully saturated rings. The molecule has 132 valence electrons. The summed E-state index contributed by atoms with van der Waals surface area (Å²) < 4.78 is 5.72. The normalized spacial score (nSPS) is 24.9. The number of hydrogen-bond donors (Lipinski definition) is 0. The average molecular weight is 380 g/mol. The van der Waals surface area contributed by atoms with E-state index in [-0.39, 0.29) is 11.4 Å². The molecule has 1 aliphatic carbocycles. The van der Waals surface area contributed by atoms with Crippen molar-refractivity contribution in [2.24, 2.45) is 5.92 Å². The molecule has 4 rings (SSSR count). The zero-order valence-corrected chi connectivity index (χ0v) is 15.5. The van der Waals surface area contributed by atoms with Crippen LogP contribution in [0, 0.1) is 12.8 Å². The van der Waals surface area contributed by atoms with E-state index in [4.69, 9.17) is 27.6 Å². The minimum atomic E-state index is -0.387. The monoisotopic (exact) mass is 379 g/mol. The van der Waals surface area contributed by atoms with Crippen molar-refractivity contribution in [2.75, 3.05) is 6.54 Å². The third-order valence-corrected chi connectivity index (χ3v) is 6.14. The van der Waals surface area contributed by atoms with Crippen LogP contribution in [0.25, 0.3) is 0 Å². The first-order chi connectivity index (χ1) is 12.0. The fourth-order valence-electron chi connectivity index (χ4n) is 4.16. The number of nitrogens with zero attached hydrogens (tertiary/aromatic N) is 3. The highest BCUT2D eigenvalue weighted by molar-refractivity contribution is 6.35. The molecule has 7 heteroatoms. The van der Waals surface area contributed by atoms with E-state index in [1.807, 2.05) is 11.0 Å². The van der Waals surface area contributed by atoms with Crippen molar-refractivity contribution in [1.82, 2.24) is 15.1 Å². The largest absolute Gasteiger partial charge is 0.423 e. The molecule has 0 spiro atoms. The van der Waals surface area contributed by atoms with Crippen molar-refractivity contribution in [3.8, 4) is 0 Å². The van der Waals surface area contributed by atoms with E-state index in [9.17, 15) is 4.79 Å². The Labute approximate surface area is 156 Å². The first kappa shape index (κ1) is 16.9. The zero-order valence-electron chi connectivity index (χ0n) is 14.0. The third kappa shape index (κ3) is 2.74. The van der Waals surface area contributed by atoms with Gasteiger partial charge in [-0.15, -0.1) is 10.2 Å². The number of rotatable bonds is 4. The molecule has 1 aromatic carbocycles. The van der Waals surface area contributed by atoms with Gasteiger partial charge in [0.15, 0.2) is 0 Å². The van der Waals surface area contributed by atoms with Gasteiger partial charge in [0.25, 0.3) is 0 Å². The van der Waals surface area contributed by atoms with Gasteiger partial charge in [-0.3, -0.25) is 4.79 Å². The minimum Gasteiger partial charge on any atom is -0.423 e. The fraction of sp³-hybridized carbons (Fsp3) is 0.500. The zero-order chi connectivity index (χ0) is 17.6. The van der Waals surface area contributed by atoms with Gasteiger partial charge in [0, 0.05) is 29.9 Å². The Kier molecular flexibility index (Phi) is 4.24. The number of benzene rings is 1. The first-order valence-electron chi connectivity index (χ1n) is 8.55. The van der Waals surface area contributed by atoms with Crippen LogP contribution in [-0.4, -0.2) is 27.5 Å². The van der Waals surface area contributed by atoms with Crippen molar-refractivity contribution in [3.63, 3.8) is 0 Å². The highest BCUT2D eigenvalue weighted by Crippen LogP contribution is 2.56. The second-order valence-electron chi connectivity index (χ2n) is 6.86. The maximum Gasteiger partial charge on any atom is 0.242 e. The summed E-state index contributed by atoms with van der Waals surface area (Å²) in [4.78, 5) is 14.9. The summed E-state index contributed by atoms with van der Waals surface area (Å²) in [6, 6.07) is 5.39. The van der Waals surface area contributed by atoms with E-state index in [1.54, 1.807) is 19.1 Å². The van der Waals surface area contributed by atoms with Gasteiger partial charge in [0.1, 0.15) is 5.54 Å². The van der Waals surface area contributed by atoms with E-state index in [2.05, 4.69) is 10.2 Å². The number of aromatic nitrogens is 2. The summed E-state index contributed by atoms with van der Waals surface area (Å²) in [6.45, 7) is 2.53. The summed E-state index contributed by atoms with van der Waals surface area (Å²) in [5.41, 5.74) is 0.550. The van der Waals surface area contributed by atoms with E-state index in [0.717, 1.165) is 31.4 Å². The molecule has 1 aromatic heterocycles. The van der Waals surface area contributed by atoms with Crippen molar-refractivity contribution >= 4 is 29.1 Å². The van der Waals surface area contributed by atoms with Crippen molar-refractivity contribution in [1.29, 1.82) is 0 Å². The molecule has 0 bridgehead atoms. The second-order valence-corrected chi connectivity index (χ2v) is 7.70. The van der Waals surface area contributed by atoms with Crippen LogP contribution in [0.2, 0.25) is 10.0 Å². The number of amides is 1. The van der Waals surface area contributed by atoms with Gasteiger partial charge in [0.2, 0.25) is 17.7 Å². The Morgan fingerprint density at radius 2 is 2.20 bits per heavy atom. The molecule has 1 saturated carbocycles. The Morgan fingerprint density at radius 3 is 2.84 bits per heavy atom. The van der Waals surface area contributed by atoms with Crippen LogP contribution in [0.4, 0.5) is 0 Å². The van der Waals surface area contributed by atoms with Crippen molar-refractivity contribution < 1.29 is 9.21 Å². The standard InChI is InChI=1S/C18H19Cl2N3O2/c1-11-21-22-17(25-11)18-8-6-13(18)7-9-23(18)16(24)5-3-12-2-4-14(19)10-15(12)20/h2,4,10,13H,3,5-9H2,1H3/t13-,18-/m0/s1. The van der Waals surface area contributed by atoms with Crippen LogP contribution < -0.4 is 0 Å². The predicted octanol–water partition coefficient (Wildman–Crippen LogP) is 4.16. The first-order valence-corrected chi connectivity index (χ1v) is 9.31. The van der Waals surface area contributed by atoms with Gasteiger partial charge in [-0.25, -0.2) is 0 Å². The molecule has 1 saturated heterocycles. The van der Waals surface area contributed by atoms with Gasteiger partial charge >= 0.3 is 0 Å². The van der Waals surface area contributed by atoms with Crippen LogP contribution in [-0.2, 0) is 16.8 Å². The van der Waals surface area contributed by atoms with Gasteiger partial charge in [-0.05, 0) is 49.3 Å². The number of halogens is 2. The molecule has 0 N–H and O–H groups in total. The SMILES string of the molecule is Cc1nnc([C@]23CC[C@H]2CCN3C(=O)CCc2ccc(Cl)cc2Cl)o1. The van der Waals surface area contributed by atoms with E-state index in [1.165, 1.54) is 0 Å². The molecule has 1 aliphatic heterocycles. The Balaban J connectivity index is 1.51. The lowest BCUT2D eigenvalue weighted by atomic mass is 9.67. The van der Waals surface area contributed by atoms with Crippen LogP contribution >= 0.6 is 23.2 Å². The number of carbonyl (C=O) groups is 1. The summed E-state index contributed by atoms with van der Waals surface area (Å²) in [5.74, 6) is 1.68. The smallest absolute Gasteiger partial charge is 0.242 e. The highest BCUT2D eigenvalue weighted by atomic mass is 35.5. The lowest BCUT2D eigenvalue weighted by Crippen LogP contribution is -2.54.